The molecule has 0 aliphatic carbocycles. The van der Waals surface area contributed by atoms with E-state index in [1.54, 1.807) is 88.5 Å². The van der Waals surface area contributed by atoms with E-state index in [0.29, 0.717) is 23.1 Å². The molecule has 0 unspecified atom stereocenters. The van der Waals surface area contributed by atoms with Crippen molar-refractivity contribution in [3.05, 3.63) is 108 Å². The molecule has 2 aliphatic heterocycles. The Kier molecular flexibility index (Phi) is 14.4. The van der Waals surface area contributed by atoms with Crippen LogP contribution >= 0.6 is 0 Å². The highest BCUT2D eigenvalue weighted by molar-refractivity contribution is 5.99. The lowest BCUT2D eigenvalue weighted by molar-refractivity contribution is -0.145. The first-order chi connectivity index (χ1) is 29.6. The molecule has 0 bridgehead atoms. The van der Waals surface area contributed by atoms with Crippen molar-refractivity contribution in [3.63, 3.8) is 0 Å². The van der Waals surface area contributed by atoms with E-state index in [2.05, 4.69) is 31.6 Å². The Morgan fingerprint density at radius 3 is 1.85 bits per heavy atom. The second kappa shape index (κ2) is 19.9. The molecule has 0 saturated carbocycles. The summed E-state index contributed by atoms with van der Waals surface area (Å²) in [4.78, 5) is 103. The van der Waals surface area contributed by atoms with Gasteiger partial charge in [0.25, 0.3) is 0 Å². The smallest absolute Gasteiger partial charge is 0.305 e. The topological polar surface area (TPSA) is 228 Å². The standard InChI is InChI=1S/C46H55N7O9/c1-27(62-46(2,3)4)39-44(60)51-36(23-29-16-9-6-10-17-29)45(61)53-21-13-20-37(53)43(59)50-35(25-38(54)55)41(57)49-34(24-30-26-47-32-19-12-11-18-31(30)32)40(56)48-33(42(58)52-39)22-28-14-7-5-8-15-28/h5-12,14-19,26-27,33-37,39,47H,13,20-25H2,1-4H3,(H,48,56)(H,49,57)(H,50,59)(H,51,60)(H,52,58)(H,54,55)/t27-,33+,34-,35+,36+,37+,39+/m1/s1. The third kappa shape index (κ3) is 11.6. The van der Waals surface area contributed by atoms with E-state index in [-0.39, 0.29) is 32.2 Å². The SMILES string of the molecule is C[C@@H](OC(C)(C)C)[C@@H]1NC(=O)[C@H](Cc2ccccc2)NC(=O)[C@@H](Cc2c[nH]c3ccccc23)NC(=O)[C@H](CC(=O)O)NC(=O)[C@@H]2CCCN2C(=O)[C@H](Cc2ccccc2)NC1=O. The first kappa shape index (κ1) is 45.0. The number of carboxylic acids is 1. The average molecular weight is 850 g/mol. The molecule has 2 fully saturated rings. The summed E-state index contributed by atoms with van der Waals surface area (Å²) in [6.07, 6.45) is 0.432. The Bertz CT molecular complexity index is 2260. The minimum Gasteiger partial charge on any atom is -0.481 e. The molecule has 16 heteroatoms. The lowest BCUT2D eigenvalue weighted by atomic mass is 10.00. The number of rotatable bonds is 10. The summed E-state index contributed by atoms with van der Waals surface area (Å²) >= 11 is 0. The molecular formula is C46H55N7O9. The Hall–Kier alpha value is -6.55. The molecule has 3 aromatic carbocycles. The maximum Gasteiger partial charge on any atom is 0.305 e. The second-order valence-corrected chi connectivity index (χ2v) is 16.9. The molecule has 6 rings (SSSR count). The van der Waals surface area contributed by atoms with Gasteiger partial charge < -0.3 is 46.3 Å². The number of hydrogen-bond acceptors (Lipinski definition) is 8. The first-order valence-electron chi connectivity index (χ1n) is 20.9. The number of nitrogens with one attached hydrogen (secondary N) is 6. The van der Waals surface area contributed by atoms with Crippen molar-refractivity contribution in [2.75, 3.05) is 6.54 Å². The predicted molar refractivity (Wildman–Crippen MR) is 229 cm³/mol. The monoisotopic (exact) mass is 849 g/mol. The molecule has 3 heterocycles. The van der Waals surface area contributed by atoms with E-state index in [9.17, 15) is 38.7 Å². The lowest BCUT2D eigenvalue weighted by Gasteiger charge is -2.34. The van der Waals surface area contributed by atoms with Crippen LogP contribution in [0.3, 0.4) is 0 Å². The average Bonchev–Trinajstić information content (AvgIpc) is 3.89. The van der Waals surface area contributed by atoms with Gasteiger partial charge in [0.1, 0.15) is 36.3 Å². The van der Waals surface area contributed by atoms with Crippen LogP contribution < -0.4 is 26.6 Å². The number of fused-ring (bicyclic) bond motifs is 2. The molecule has 0 spiro atoms. The third-order valence-corrected chi connectivity index (χ3v) is 11.0. The molecule has 62 heavy (non-hydrogen) atoms. The van der Waals surface area contributed by atoms with Gasteiger partial charge in [-0.3, -0.25) is 33.6 Å². The number of para-hydroxylation sites is 1. The summed E-state index contributed by atoms with van der Waals surface area (Å²) in [5.74, 6) is -5.95. The van der Waals surface area contributed by atoms with E-state index in [1.807, 2.05) is 30.3 Å². The maximum atomic E-state index is 14.6. The van der Waals surface area contributed by atoms with Gasteiger partial charge in [-0.05, 0) is 63.3 Å². The number of carbonyl (C=O) groups excluding carboxylic acids is 6. The number of ether oxygens (including phenoxy) is 1. The molecule has 6 amide bonds. The van der Waals surface area contributed by atoms with Gasteiger partial charge in [-0.15, -0.1) is 0 Å². The Balaban J connectivity index is 1.44. The highest BCUT2D eigenvalue weighted by Gasteiger charge is 2.42. The molecule has 7 N–H and O–H groups in total. The van der Waals surface area contributed by atoms with Crippen molar-refractivity contribution < 1.29 is 43.4 Å². The number of aliphatic carboxylic acids is 1. The van der Waals surface area contributed by atoms with Crippen molar-refractivity contribution in [2.24, 2.45) is 0 Å². The molecule has 16 nitrogen and oxygen atoms in total. The molecule has 1 aromatic heterocycles. The Morgan fingerprint density at radius 2 is 1.23 bits per heavy atom. The Labute approximate surface area is 359 Å². The van der Waals surface area contributed by atoms with E-state index >= 15 is 0 Å². The van der Waals surface area contributed by atoms with Gasteiger partial charge in [0.2, 0.25) is 35.4 Å². The zero-order valence-corrected chi connectivity index (χ0v) is 35.3. The quantitative estimate of drug-likeness (QED) is 0.124. The van der Waals surface area contributed by atoms with Gasteiger partial charge in [-0.2, -0.15) is 0 Å². The van der Waals surface area contributed by atoms with Crippen molar-refractivity contribution in [2.45, 2.75) is 114 Å². The van der Waals surface area contributed by atoms with Gasteiger partial charge in [-0.25, -0.2) is 0 Å². The number of carbonyl (C=O) groups is 7. The van der Waals surface area contributed by atoms with Gasteiger partial charge >= 0.3 is 5.97 Å². The number of aromatic nitrogens is 1. The van der Waals surface area contributed by atoms with Crippen molar-refractivity contribution >= 4 is 52.3 Å². The van der Waals surface area contributed by atoms with Crippen molar-refractivity contribution in [1.29, 1.82) is 0 Å². The zero-order chi connectivity index (χ0) is 44.6. The number of hydrogen-bond donors (Lipinski definition) is 7. The minimum atomic E-state index is -1.65. The largest absolute Gasteiger partial charge is 0.481 e. The van der Waals surface area contributed by atoms with Crippen LogP contribution in [0, 0.1) is 0 Å². The van der Waals surface area contributed by atoms with Crippen LogP contribution in [0.4, 0.5) is 0 Å². The van der Waals surface area contributed by atoms with E-state index in [0.717, 1.165) is 10.9 Å². The summed E-state index contributed by atoms with van der Waals surface area (Å²) in [7, 11) is 0. The summed E-state index contributed by atoms with van der Waals surface area (Å²) in [5, 5.41) is 24.4. The predicted octanol–water partition coefficient (Wildman–Crippen LogP) is 2.30. The van der Waals surface area contributed by atoms with Crippen LogP contribution in [0.2, 0.25) is 0 Å². The maximum absolute atomic E-state index is 14.6. The summed E-state index contributed by atoms with van der Waals surface area (Å²) in [6, 6.07) is 17.2. The van der Waals surface area contributed by atoms with Gasteiger partial charge in [0, 0.05) is 42.9 Å². The number of benzene rings is 3. The molecule has 2 saturated heterocycles. The summed E-state index contributed by atoms with van der Waals surface area (Å²) in [6.45, 7) is 7.16. The van der Waals surface area contributed by atoms with Gasteiger partial charge in [0.05, 0.1) is 18.1 Å². The lowest BCUT2D eigenvalue weighted by Crippen LogP contribution is -2.63. The van der Waals surface area contributed by atoms with Gasteiger partial charge in [0.15, 0.2) is 0 Å². The highest BCUT2D eigenvalue weighted by Crippen LogP contribution is 2.23. The number of aromatic amines is 1. The first-order valence-corrected chi connectivity index (χ1v) is 20.9. The second-order valence-electron chi connectivity index (χ2n) is 16.9. The van der Waals surface area contributed by atoms with Gasteiger partial charge in [-0.1, -0.05) is 78.9 Å². The van der Waals surface area contributed by atoms with E-state index < -0.39 is 95.8 Å². The third-order valence-electron chi connectivity index (χ3n) is 11.0. The fourth-order valence-corrected chi connectivity index (χ4v) is 8.08. The van der Waals surface area contributed by atoms with Crippen molar-refractivity contribution in [1.82, 2.24) is 36.5 Å². The van der Waals surface area contributed by atoms with Crippen LogP contribution in [0.5, 0.6) is 0 Å². The summed E-state index contributed by atoms with van der Waals surface area (Å²) in [5.41, 5.74) is 2.02. The molecule has 2 aliphatic rings. The molecule has 0 radical (unpaired) electrons. The number of H-pyrrole nitrogens is 1. The minimum absolute atomic E-state index is 0.0278. The van der Waals surface area contributed by atoms with Crippen LogP contribution in [0.15, 0.2) is 91.1 Å². The van der Waals surface area contributed by atoms with Crippen LogP contribution in [-0.2, 0) is 57.6 Å². The normalized spacial score (nSPS) is 23.8. The molecule has 7 atom stereocenters. The zero-order valence-electron chi connectivity index (χ0n) is 35.3. The van der Waals surface area contributed by atoms with E-state index in [4.69, 9.17) is 4.74 Å². The van der Waals surface area contributed by atoms with Crippen LogP contribution in [0.25, 0.3) is 10.9 Å². The molecule has 4 aromatic rings. The van der Waals surface area contributed by atoms with Crippen molar-refractivity contribution in [3.8, 4) is 0 Å². The highest BCUT2D eigenvalue weighted by atomic mass is 16.5. The summed E-state index contributed by atoms with van der Waals surface area (Å²) < 4.78 is 6.23. The molecular weight excluding hydrogens is 795 g/mol. The van der Waals surface area contributed by atoms with Crippen LogP contribution in [-0.4, -0.2) is 111 Å². The number of nitrogens with zero attached hydrogens (tertiary/aromatic N) is 1. The Morgan fingerprint density at radius 1 is 0.694 bits per heavy atom. The van der Waals surface area contributed by atoms with E-state index in [1.165, 1.54) is 4.90 Å². The fourth-order valence-electron chi connectivity index (χ4n) is 8.08. The number of amides is 6. The van der Waals surface area contributed by atoms with Crippen LogP contribution in [0.1, 0.15) is 63.6 Å². The number of carboxylic acid groups (broad SMARTS) is 1. The fraction of sp³-hybridized carbons (Fsp3) is 0.413. The molecule has 328 valence electrons.